The van der Waals surface area contributed by atoms with Crippen LogP contribution in [0.1, 0.15) is 30.4 Å². The molecule has 1 aliphatic heterocycles. The van der Waals surface area contributed by atoms with Crippen molar-refractivity contribution in [2.45, 2.75) is 44.4 Å². The highest BCUT2D eigenvalue weighted by molar-refractivity contribution is 5.29. The Balaban J connectivity index is 1.77. The lowest BCUT2D eigenvalue weighted by molar-refractivity contribution is 0.0626. The third-order valence-corrected chi connectivity index (χ3v) is 4.07. The highest BCUT2D eigenvalue weighted by Crippen LogP contribution is 2.28. The predicted molar refractivity (Wildman–Crippen MR) is 64.2 cm³/mol. The van der Waals surface area contributed by atoms with E-state index < -0.39 is 0 Å². The summed E-state index contributed by atoms with van der Waals surface area (Å²) in [6.07, 6.45) is 4.39. The van der Waals surface area contributed by atoms with Crippen LogP contribution in [-0.4, -0.2) is 28.7 Å². The van der Waals surface area contributed by atoms with Crippen LogP contribution in [0.5, 0.6) is 0 Å². The molecule has 0 amide bonds. The van der Waals surface area contributed by atoms with Crippen LogP contribution in [0.25, 0.3) is 0 Å². The second-order valence-electron chi connectivity index (χ2n) is 5.05. The number of aliphatic hydroxyl groups excluding tert-OH is 1. The van der Waals surface area contributed by atoms with Gasteiger partial charge in [-0.15, -0.1) is 0 Å². The predicted octanol–water partition coefficient (Wildman–Crippen LogP) is 1.96. The third kappa shape index (κ3) is 1.76. The summed E-state index contributed by atoms with van der Waals surface area (Å²) in [7, 11) is 0. The van der Waals surface area contributed by atoms with Gasteiger partial charge in [-0.2, -0.15) is 0 Å². The third-order valence-electron chi connectivity index (χ3n) is 4.07. The average molecular weight is 217 g/mol. The summed E-state index contributed by atoms with van der Waals surface area (Å²) >= 11 is 0. The molecule has 1 heterocycles. The maximum Gasteiger partial charge on any atom is 0.0695 e. The molecule has 2 heteroatoms. The number of fused-ring (bicyclic) bond motifs is 1. The molecule has 3 rings (SSSR count). The lowest BCUT2D eigenvalue weighted by atomic mass is 9.98. The van der Waals surface area contributed by atoms with Gasteiger partial charge >= 0.3 is 0 Å². The van der Waals surface area contributed by atoms with Gasteiger partial charge < -0.3 is 5.11 Å². The highest BCUT2D eigenvalue weighted by Gasteiger charge is 2.32. The van der Waals surface area contributed by atoms with Gasteiger partial charge in [0.2, 0.25) is 0 Å². The van der Waals surface area contributed by atoms with Gasteiger partial charge in [-0.1, -0.05) is 24.3 Å². The summed E-state index contributed by atoms with van der Waals surface area (Å²) < 4.78 is 0. The van der Waals surface area contributed by atoms with Gasteiger partial charge in [-0.05, 0) is 36.8 Å². The minimum absolute atomic E-state index is 0.0923. The van der Waals surface area contributed by atoms with E-state index in [1.807, 2.05) is 0 Å². The minimum atomic E-state index is -0.0923. The van der Waals surface area contributed by atoms with E-state index in [4.69, 9.17) is 0 Å². The molecule has 2 unspecified atom stereocenters. The van der Waals surface area contributed by atoms with Gasteiger partial charge in [-0.3, -0.25) is 4.90 Å². The van der Waals surface area contributed by atoms with Crippen molar-refractivity contribution in [3.63, 3.8) is 0 Å². The second kappa shape index (κ2) is 4.19. The molecule has 1 aromatic carbocycles. The Morgan fingerprint density at radius 3 is 2.69 bits per heavy atom. The minimum Gasteiger partial charge on any atom is -0.391 e. The molecular weight excluding hydrogens is 198 g/mol. The van der Waals surface area contributed by atoms with Crippen molar-refractivity contribution in [2.75, 3.05) is 6.54 Å². The zero-order valence-electron chi connectivity index (χ0n) is 9.60. The molecule has 0 saturated heterocycles. The monoisotopic (exact) mass is 217 g/mol. The smallest absolute Gasteiger partial charge is 0.0695 e. The first-order valence-corrected chi connectivity index (χ1v) is 6.33. The van der Waals surface area contributed by atoms with Crippen LogP contribution in [0.3, 0.4) is 0 Å². The molecule has 2 nitrogen and oxygen atoms in total. The molecule has 1 N–H and O–H groups in total. The molecule has 2 atom stereocenters. The summed E-state index contributed by atoms with van der Waals surface area (Å²) in [6.45, 7) is 2.14. The molecular formula is C14H19NO. The first-order valence-electron chi connectivity index (χ1n) is 6.33. The summed E-state index contributed by atoms with van der Waals surface area (Å²) in [4.78, 5) is 2.47. The van der Waals surface area contributed by atoms with Crippen LogP contribution in [0.15, 0.2) is 24.3 Å². The van der Waals surface area contributed by atoms with Crippen LogP contribution in [0.4, 0.5) is 0 Å². The number of benzene rings is 1. The quantitative estimate of drug-likeness (QED) is 0.777. The van der Waals surface area contributed by atoms with Gasteiger partial charge in [-0.25, -0.2) is 0 Å². The second-order valence-corrected chi connectivity index (χ2v) is 5.05. The van der Waals surface area contributed by atoms with Crippen LogP contribution in [0.2, 0.25) is 0 Å². The largest absolute Gasteiger partial charge is 0.391 e. The highest BCUT2D eigenvalue weighted by atomic mass is 16.3. The van der Waals surface area contributed by atoms with Crippen LogP contribution in [0, 0.1) is 0 Å². The Labute approximate surface area is 96.9 Å². The molecule has 1 saturated carbocycles. The van der Waals surface area contributed by atoms with Crippen molar-refractivity contribution >= 4 is 0 Å². The van der Waals surface area contributed by atoms with Gasteiger partial charge in [0, 0.05) is 19.1 Å². The lowest BCUT2D eigenvalue weighted by Gasteiger charge is -2.35. The van der Waals surface area contributed by atoms with Crippen LogP contribution < -0.4 is 0 Å². The number of hydrogen-bond acceptors (Lipinski definition) is 2. The van der Waals surface area contributed by atoms with Crippen molar-refractivity contribution < 1.29 is 5.11 Å². The first-order chi connectivity index (χ1) is 7.84. The summed E-state index contributed by atoms with van der Waals surface area (Å²) in [6, 6.07) is 9.11. The number of hydrogen-bond donors (Lipinski definition) is 1. The number of aliphatic hydroxyl groups is 1. The summed E-state index contributed by atoms with van der Waals surface area (Å²) in [5.41, 5.74) is 2.94. The van der Waals surface area contributed by atoms with Crippen molar-refractivity contribution in [1.29, 1.82) is 0 Å². The van der Waals surface area contributed by atoms with E-state index in [0.717, 1.165) is 25.9 Å². The topological polar surface area (TPSA) is 23.5 Å². The van der Waals surface area contributed by atoms with Crippen molar-refractivity contribution in [1.82, 2.24) is 4.90 Å². The van der Waals surface area contributed by atoms with Crippen molar-refractivity contribution in [3.8, 4) is 0 Å². The molecule has 0 bridgehead atoms. The molecule has 1 fully saturated rings. The zero-order chi connectivity index (χ0) is 11.0. The van der Waals surface area contributed by atoms with E-state index in [0.29, 0.717) is 6.04 Å². The summed E-state index contributed by atoms with van der Waals surface area (Å²) in [5, 5.41) is 9.95. The maximum atomic E-state index is 9.95. The Hall–Kier alpha value is -0.860. The molecule has 0 radical (unpaired) electrons. The molecule has 86 valence electrons. The van der Waals surface area contributed by atoms with Crippen LogP contribution in [-0.2, 0) is 13.0 Å². The van der Waals surface area contributed by atoms with E-state index in [9.17, 15) is 5.11 Å². The maximum absolute atomic E-state index is 9.95. The average Bonchev–Trinajstić information content (AvgIpc) is 2.75. The zero-order valence-corrected chi connectivity index (χ0v) is 9.60. The Bertz CT molecular complexity index is 377. The molecule has 16 heavy (non-hydrogen) atoms. The molecule has 1 aliphatic carbocycles. The lowest BCUT2D eigenvalue weighted by Crippen LogP contribution is -2.43. The number of nitrogens with zero attached hydrogens (tertiary/aromatic N) is 1. The Kier molecular flexibility index (Phi) is 2.70. The first kappa shape index (κ1) is 10.3. The van der Waals surface area contributed by atoms with Gasteiger partial charge in [0.1, 0.15) is 0 Å². The normalized spacial score (nSPS) is 30.3. The standard InChI is InChI=1S/C14H19NO/c16-14-7-3-6-13(14)15-9-8-11-4-1-2-5-12(11)10-15/h1-2,4-5,13-14,16H,3,6-10H2. The van der Waals surface area contributed by atoms with Gasteiger partial charge in [0.15, 0.2) is 0 Å². The van der Waals surface area contributed by atoms with E-state index in [-0.39, 0.29) is 6.10 Å². The molecule has 0 aromatic heterocycles. The van der Waals surface area contributed by atoms with E-state index in [1.54, 1.807) is 0 Å². The molecule has 0 spiro atoms. The fourth-order valence-corrected chi connectivity index (χ4v) is 3.15. The van der Waals surface area contributed by atoms with E-state index in [2.05, 4.69) is 29.2 Å². The van der Waals surface area contributed by atoms with Gasteiger partial charge in [0.25, 0.3) is 0 Å². The van der Waals surface area contributed by atoms with Crippen molar-refractivity contribution in [2.24, 2.45) is 0 Å². The Morgan fingerprint density at radius 2 is 1.94 bits per heavy atom. The SMILES string of the molecule is OC1CCCC1N1CCc2ccccc2C1. The molecule has 2 aliphatic rings. The van der Waals surface area contributed by atoms with E-state index in [1.165, 1.54) is 24.0 Å². The number of rotatable bonds is 1. The van der Waals surface area contributed by atoms with Gasteiger partial charge in [0.05, 0.1) is 6.10 Å². The Morgan fingerprint density at radius 1 is 1.12 bits per heavy atom. The van der Waals surface area contributed by atoms with Crippen LogP contribution >= 0.6 is 0 Å². The van der Waals surface area contributed by atoms with Crippen molar-refractivity contribution in [3.05, 3.63) is 35.4 Å². The van der Waals surface area contributed by atoms with E-state index >= 15 is 0 Å². The fourth-order valence-electron chi connectivity index (χ4n) is 3.15. The fraction of sp³-hybridized carbons (Fsp3) is 0.571. The molecule has 1 aromatic rings. The summed E-state index contributed by atoms with van der Waals surface area (Å²) in [5.74, 6) is 0.